The first kappa shape index (κ1) is 14.9. The van der Waals surface area contributed by atoms with Crippen molar-refractivity contribution in [1.82, 2.24) is 14.9 Å². The number of nitrogens with zero attached hydrogens (tertiary/aromatic N) is 2. The molecule has 0 radical (unpaired) electrons. The summed E-state index contributed by atoms with van der Waals surface area (Å²) in [5.41, 5.74) is 5.66. The Bertz CT molecular complexity index is 897. The fraction of sp³-hybridized carbons (Fsp3) is 0.300. The first-order valence-electron chi connectivity index (χ1n) is 8.55. The average Bonchev–Trinajstić information content (AvgIpc) is 3.03. The van der Waals surface area contributed by atoms with Crippen LogP contribution in [0.25, 0.3) is 11.0 Å². The molecule has 1 aromatic heterocycles. The summed E-state index contributed by atoms with van der Waals surface area (Å²) in [5, 5.41) is 0. The zero-order chi connectivity index (χ0) is 16.5. The molecule has 4 heteroatoms. The quantitative estimate of drug-likeness (QED) is 0.805. The van der Waals surface area contributed by atoms with Crippen LogP contribution in [-0.4, -0.2) is 27.3 Å². The second-order valence-corrected chi connectivity index (χ2v) is 6.40. The number of imidazole rings is 1. The smallest absolute Gasteiger partial charge is 0.227 e. The van der Waals surface area contributed by atoms with E-state index in [9.17, 15) is 4.79 Å². The Morgan fingerprint density at radius 3 is 2.88 bits per heavy atom. The topological polar surface area (TPSA) is 49.0 Å². The monoisotopic (exact) mass is 319 g/mol. The zero-order valence-electron chi connectivity index (χ0n) is 13.9. The molecule has 24 heavy (non-hydrogen) atoms. The number of aromatic nitrogens is 2. The molecule has 1 amide bonds. The van der Waals surface area contributed by atoms with E-state index in [0.717, 1.165) is 48.4 Å². The SMILES string of the molecule is CCc1nc2ccc(CC(=O)N3CCc4ccccc4C3)cc2[nH]1. The van der Waals surface area contributed by atoms with Crippen LogP contribution in [0, 0.1) is 0 Å². The van der Waals surface area contributed by atoms with Crippen LogP contribution < -0.4 is 0 Å². The van der Waals surface area contributed by atoms with Crippen molar-refractivity contribution in [1.29, 1.82) is 0 Å². The molecule has 1 aliphatic rings. The van der Waals surface area contributed by atoms with Gasteiger partial charge < -0.3 is 9.88 Å². The number of hydrogen-bond donors (Lipinski definition) is 1. The van der Waals surface area contributed by atoms with Gasteiger partial charge in [0.1, 0.15) is 5.82 Å². The van der Waals surface area contributed by atoms with Gasteiger partial charge in [0, 0.05) is 19.5 Å². The van der Waals surface area contributed by atoms with Crippen LogP contribution in [0.1, 0.15) is 29.4 Å². The Hall–Kier alpha value is -2.62. The van der Waals surface area contributed by atoms with Crippen molar-refractivity contribution in [3.05, 3.63) is 65.0 Å². The highest BCUT2D eigenvalue weighted by molar-refractivity contribution is 5.82. The minimum absolute atomic E-state index is 0.194. The summed E-state index contributed by atoms with van der Waals surface area (Å²) in [6.45, 7) is 3.61. The molecule has 1 aliphatic heterocycles. The van der Waals surface area contributed by atoms with Crippen LogP contribution in [-0.2, 0) is 30.6 Å². The number of nitrogens with one attached hydrogen (secondary N) is 1. The summed E-state index contributed by atoms with van der Waals surface area (Å²) < 4.78 is 0. The summed E-state index contributed by atoms with van der Waals surface area (Å²) in [7, 11) is 0. The number of aryl methyl sites for hydroxylation is 1. The molecule has 0 fully saturated rings. The molecule has 0 spiro atoms. The maximum atomic E-state index is 12.7. The predicted molar refractivity (Wildman–Crippen MR) is 94.7 cm³/mol. The van der Waals surface area contributed by atoms with Gasteiger partial charge in [-0.1, -0.05) is 37.3 Å². The lowest BCUT2D eigenvalue weighted by molar-refractivity contribution is -0.131. The van der Waals surface area contributed by atoms with Crippen LogP contribution in [0.15, 0.2) is 42.5 Å². The van der Waals surface area contributed by atoms with E-state index in [1.165, 1.54) is 11.1 Å². The fourth-order valence-corrected chi connectivity index (χ4v) is 3.38. The van der Waals surface area contributed by atoms with Crippen LogP contribution >= 0.6 is 0 Å². The minimum atomic E-state index is 0.194. The molecule has 122 valence electrons. The Labute approximate surface area is 141 Å². The van der Waals surface area contributed by atoms with Crippen molar-refractivity contribution in [2.75, 3.05) is 6.54 Å². The lowest BCUT2D eigenvalue weighted by Crippen LogP contribution is -2.36. The third-order valence-corrected chi connectivity index (χ3v) is 4.77. The second kappa shape index (κ2) is 6.11. The van der Waals surface area contributed by atoms with E-state index < -0.39 is 0 Å². The molecule has 2 heterocycles. The molecule has 1 N–H and O–H groups in total. The van der Waals surface area contributed by atoms with E-state index in [1.807, 2.05) is 23.1 Å². The number of carbonyl (C=O) groups excluding carboxylic acids is 1. The van der Waals surface area contributed by atoms with E-state index in [-0.39, 0.29) is 5.91 Å². The number of hydrogen-bond acceptors (Lipinski definition) is 2. The van der Waals surface area contributed by atoms with Crippen LogP contribution in [0.2, 0.25) is 0 Å². The van der Waals surface area contributed by atoms with Crippen molar-refractivity contribution in [2.24, 2.45) is 0 Å². The van der Waals surface area contributed by atoms with Gasteiger partial charge in [-0.3, -0.25) is 4.79 Å². The van der Waals surface area contributed by atoms with Gasteiger partial charge in [-0.05, 0) is 35.2 Å². The van der Waals surface area contributed by atoms with Crippen molar-refractivity contribution >= 4 is 16.9 Å². The highest BCUT2D eigenvalue weighted by Crippen LogP contribution is 2.20. The molecule has 4 nitrogen and oxygen atoms in total. The van der Waals surface area contributed by atoms with E-state index in [0.29, 0.717) is 6.42 Å². The maximum absolute atomic E-state index is 12.7. The summed E-state index contributed by atoms with van der Waals surface area (Å²) in [5.74, 6) is 1.18. The Kier molecular flexibility index (Phi) is 3.81. The van der Waals surface area contributed by atoms with Gasteiger partial charge in [0.25, 0.3) is 0 Å². The lowest BCUT2D eigenvalue weighted by Gasteiger charge is -2.29. The largest absolute Gasteiger partial charge is 0.342 e. The number of aromatic amines is 1. The number of H-pyrrole nitrogens is 1. The molecular formula is C20H21N3O. The number of amides is 1. The van der Waals surface area contributed by atoms with Crippen LogP contribution in [0.5, 0.6) is 0 Å². The normalized spacial score (nSPS) is 14.0. The molecule has 0 unspecified atom stereocenters. The first-order valence-corrected chi connectivity index (χ1v) is 8.55. The molecule has 0 atom stereocenters. The fourth-order valence-electron chi connectivity index (χ4n) is 3.38. The van der Waals surface area contributed by atoms with Gasteiger partial charge >= 0.3 is 0 Å². The summed E-state index contributed by atoms with van der Waals surface area (Å²) in [6, 6.07) is 14.5. The average molecular weight is 319 g/mol. The van der Waals surface area contributed by atoms with Gasteiger partial charge in [0.05, 0.1) is 17.5 Å². The lowest BCUT2D eigenvalue weighted by atomic mass is 9.99. The van der Waals surface area contributed by atoms with Gasteiger partial charge in [-0.25, -0.2) is 4.98 Å². The van der Waals surface area contributed by atoms with Gasteiger partial charge in [0.15, 0.2) is 0 Å². The standard InChI is InChI=1S/C20H21N3O/c1-2-19-21-17-8-7-14(11-18(17)22-19)12-20(24)23-10-9-15-5-3-4-6-16(15)13-23/h3-8,11H,2,9-10,12-13H2,1H3,(H,21,22). The first-order chi connectivity index (χ1) is 11.7. The Balaban J connectivity index is 1.50. The van der Waals surface area contributed by atoms with Gasteiger partial charge in [-0.15, -0.1) is 0 Å². The molecule has 0 saturated carbocycles. The summed E-state index contributed by atoms with van der Waals surface area (Å²) in [4.78, 5) is 22.5. The summed E-state index contributed by atoms with van der Waals surface area (Å²) in [6.07, 6.45) is 2.27. The summed E-state index contributed by atoms with van der Waals surface area (Å²) >= 11 is 0. The van der Waals surface area contributed by atoms with Crippen molar-refractivity contribution in [3.63, 3.8) is 0 Å². The van der Waals surface area contributed by atoms with Gasteiger partial charge in [-0.2, -0.15) is 0 Å². The van der Waals surface area contributed by atoms with Crippen molar-refractivity contribution < 1.29 is 4.79 Å². The minimum Gasteiger partial charge on any atom is -0.342 e. The third-order valence-electron chi connectivity index (χ3n) is 4.77. The highest BCUT2D eigenvalue weighted by Gasteiger charge is 2.20. The third kappa shape index (κ3) is 2.80. The molecule has 0 aliphatic carbocycles. The number of rotatable bonds is 3. The number of fused-ring (bicyclic) bond motifs is 2. The van der Waals surface area contributed by atoms with E-state index in [1.54, 1.807) is 0 Å². The zero-order valence-corrected chi connectivity index (χ0v) is 13.9. The number of benzene rings is 2. The molecule has 3 aromatic rings. The Morgan fingerprint density at radius 2 is 2.04 bits per heavy atom. The van der Waals surface area contributed by atoms with Crippen LogP contribution in [0.3, 0.4) is 0 Å². The molecule has 0 bridgehead atoms. The van der Waals surface area contributed by atoms with E-state index in [2.05, 4.69) is 41.2 Å². The van der Waals surface area contributed by atoms with Crippen molar-refractivity contribution in [3.8, 4) is 0 Å². The highest BCUT2D eigenvalue weighted by atomic mass is 16.2. The van der Waals surface area contributed by atoms with E-state index in [4.69, 9.17) is 0 Å². The predicted octanol–water partition coefficient (Wildman–Crippen LogP) is 3.25. The molecule has 0 saturated heterocycles. The maximum Gasteiger partial charge on any atom is 0.227 e. The molecular weight excluding hydrogens is 298 g/mol. The second-order valence-electron chi connectivity index (χ2n) is 6.40. The number of carbonyl (C=O) groups is 1. The van der Waals surface area contributed by atoms with Crippen molar-refractivity contribution in [2.45, 2.75) is 32.7 Å². The molecule has 2 aromatic carbocycles. The molecule has 4 rings (SSSR count). The van der Waals surface area contributed by atoms with Gasteiger partial charge in [0.2, 0.25) is 5.91 Å². The van der Waals surface area contributed by atoms with Crippen LogP contribution in [0.4, 0.5) is 0 Å². The van der Waals surface area contributed by atoms with E-state index >= 15 is 0 Å². The Morgan fingerprint density at radius 1 is 1.21 bits per heavy atom.